The van der Waals surface area contributed by atoms with Crippen LogP contribution in [-0.2, 0) is 3.84 Å². The lowest BCUT2D eigenvalue weighted by molar-refractivity contribution is 0.581. The highest BCUT2D eigenvalue weighted by molar-refractivity contribution is 6.24. The maximum absolute atomic E-state index is 6.92. The van der Waals surface area contributed by atoms with Crippen molar-refractivity contribution in [2.45, 2.75) is 20.8 Å². The molecule has 0 heterocycles. The minimum atomic E-state index is -0.139. The van der Waals surface area contributed by atoms with Crippen molar-refractivity contribution in [2.75, 3.05) is 0 Å². The first-order valence-electron chi connectivity index (χ1n) is 2.60. The van der Waals surface area contributed by atoms with Gasteiger partial charge in [-0.05, 0) is 0 Å². The fourth-order valence-corrected chi connectivity index (χ4v) is 0. The Kier molecular flexibility index (Phi) is 7.31. The third-order valence-electron chi connectivity index (χ3n) is 0.808. The molecule has 0 atom stereocenters. The van der Waals surface area contributed by atoms with Gasteiger partial charge in [-0.1, -0.05) is 20.8 Å². The molecule has 0 aliphatic rings. The van der Waals surface area contributed by atoms with Crippen molar-refractivity contribution < 1.29 is 3.84 Å². The molecule has 0 unspecified atom stereocenters. The Morgan fingerprint density at radius 2 is 1.50 bits per heavy atom. The number of halogens is 2. The molecule has 0 aromatic heterocycles. The van der Waals surface area contributed by atoms with Gasteiger partial charge in [-0.3, -0.25) is 5.41 Å². The van der Waals surface area contributed by atoms with Gasteiger partial charge in [0.1, 0.15) is 0 Å². The lowest BCUT2D eigenvalue weighted by Crippen LogP contribution is -2.27. The van der Waals surface area contributed by atoms with Crippen molar-refractivity contribution >= 4 is 29.6 Å². The Balaban J connectivity index is 0. The zero-order valence-electron chi connectivity index (χ0n) is 6.24. The van der Waals surface area contributed by atoms with Crippen molar-refractivity contribution in [3.8, 4) is 0 Å². The number of nitrogens with two attached hydrogens (primary N) is 1. The Morgan fingerprint density at radius 3 is 1.50 bits per heavy atom. The summed E-state index contributed by atoms with van der Waals surface area (Å²) in [6.07, 6.45) is 0. The van der Waals surface area contributed by atoms with E-state index in [1.54, 1.807) is 0 Å². The standard InChI is InChI=1S/C5H12N2.Cl2O/c1-5(2,3)4(6)7;1-3-2/h1-3H3,(H3,6,7);. The van der Waals surface area contributed by atoms with Gasteiger partial charge in [0, 0.05) is 5.41 Å². The molecule has 0 aromatic rings. The van der Waals surface area contributed by atoms with E-state index in [0.29, 0.717) is 0 Å². The summed E-state index contributed by atoms with van der Waals surface area (Å²) in [5.41, 5.74) is 5.01. The van der Waals surface area contributed by atoms with E-state index in [0.717, 1.165) is 0 Å². The highest BCUT2D eigenvalue weighted by Crippen LogP contribution is 2.10. The van der Waals surface area contributed by atoms with Crippen molar-refractivity contribution in [1.29, 1.82) is 5.41 Å². The molecule has 62 valence electrons. The average molecular weight is 187 g/mol. The van der Waals surface area contributed by atoms with Crippen molar-refractivity contribution in [3.63, 3.8) is 0 Å². The third kappa shape index (κ3) is 10.9. The zero-order chi connectivity index (χ0) is 8.78. The van der Waals surface area contributed by atoms with Gasteiger partial charge in [0.15, 0.2) is 0 Å². The van der Waals surface area contributed by atoms with Gasteiger partial charge >= 0.3 is 0 Å². The quantitative estimate of drug-likeness (QED) is 0.451. The van der Waals surface area contributed by atoms with Crippen LogP contribution in [0.3, 0.4) is 0 Å². The maximum atomic E-state index is 6.92. The molecule has 0 radical (unpaired) electrons. The molecule has 0 rings (SSSR count). The number of nitrogens with one attached hydrogen (secondary N) is 1. The summed E-state index contributed by atoms with van der Waals surface area (Å²) in [5, 5.41) is 6.92. The number of hydrogen-bond donors (Lipinski definition) is 2. The summed E-state index contributed by atoms with van der Waals surface area (Å²) in [6, 6.07) is 0. The van der Waals surface area contributed by atoms with E-state index in [1.807, 2.05) is 20.8 Å². The van der Waals surface area contributed by atoms with E-state index in [9.17, 15) is 0 Å². The minimum absolute atomic E-state index is 0.139. The van der Waals surface area contributed by atoms with Crippen molar-refractivity contribution in [1.82, 2.24) is 0 Å². The predicted molar refractivity (Wildman–Crippen MR) is 44.2 cm³/mol. The molecule has 0 amide bonds. The summed E-state index contributed by atoms with van der Waals surface area (Å²) >= 11 is 8.53. The fraction of sp³-hybridized carbons (Fsp3) is 0.800. The second-order valence-electron chi connectivity index (χ2n) is 2.72. The van der Waals surface area contributed by atoms with E-state index >= 15 is 0 Å². The van der Waals surface area contributed by atoms with Gasteiger partial charge in [0.25, 0.3) is 0 Å². The third-order valence-corrected chi connectivity index (χ3v) is 0.808. The average Bonchev–Trinajstić information content (AvgIpc) is 1.64. The topological polar surface area (TPSA) is 59.1 Å². The Morgan fingerprint density at radius 1 is 1.40 bits per heavy atom. The number of rotatable bonds is 0. The highest BCUT2D eigenvalue weighted by Gasteiger charge is 2.12. The van der Waals surface area contributed by atoms with E-state index < -0.39 is 0 Å². The molecule has 0 fully saturated rings. The molecule has 3 nitrogen and oxygen atoms in total. The van der Waals surface area contributed by atoms with Gasteiger partial charge in [0.2, 0.25) is 0 Å². The van der Waals surface area contributed by atoms with Crippen LogP contribution in [0.1, 0.15) is 20.8 Å². The molecule has 0 aliphatic carbocycles. The van der Waals surface area contributed by atoms with Gasteiger partial charge in [-0.15, -0.1) is 0 Å². The molecular weight excluding hydrogens is 175 g/mol. The summed E-state index contributed by atoms with van der Waals surface area (Å²) in [5.74, 6) is 0.243. The molecule has 5 heteroatoms. The largest absolute Gasteiger partial charge is 0.387 e. The monoisotopic (exact) mass is 186 g/mol. The fourth-order valence-electron chi connectivity index (χ4n) is 0. The van der Waals surface area contributed by atoms with E-state index in [1.165, 1.54) is 0 Å². The lowest BCUT2D eigenvalue weighted by Gasteiger charge is -2.14. The molecule has 0 aromatic carbocycles. The van der Waals surface area contributed by atoms with E-state index in [4.69, 9.17) is 11.1 Å². The van der Waals surface area contributed by atoms with Gasteiger partial charge < -0.3 is 5.73 Å². The maximum Gasteiger partial charge on any atom is 0.0960 e. The minimum Gasteiger partial charge on any atom is -0.387 e. The highest BCUT2D eigenvalue weighted by atomic mass is 35.6. The van der Waals surface area contributed by atoms with E-state index in [-0.39, 0.29) is 11.3 Å². The van der Waals surface area contributed by atoms with Gasteiger partial charge in [0.05, 0.1) is 29.6 Å². The van der Waals surface area contributed by atoms with Crippen LogP contribution in [-0.4, -0.2) is 5.84 Å². The first-order chi connectivity index (χ1) is 4.36. The molecule has 0 bridgehead atoms. The SMILES string of the molecule is CC(C)(C)C(=N)N.ClOCl. The van der Waals surface area contributed by atoms with Crippen molar-refractivity contribution in [3.05, 3.63) is 0 Å². The van der Waals surface area contributed by atoms with Crippen molar-refractivity contribution in [2.24, 2.45) is 11.1 Å². The van der Waals surface area contributed by atoms with Crippen LogP contribution in [0.25, 0.3) is 0 Å². The van der Waals surface area contributed by atoms with Gasteiger partial charge in [-0.25, -0.2) is 0 Å². The van der Waals surface area contributed by atoms with Crippen LogP contribution in [0, 0.1) is 10.8 Å². The first-order valence-corrected chi connectivity index (χ1v) is 3.21. The molecule has 3 N–H and O–H groups in total. The van der Waals surface area contributed by atoms with E-state index in [2.05, 4.69) is 27.6 Å². The summed E-state index contributed by atoms with van der Waals surface area (Å²) in [4.78, 5) is 0. The second-order valence-corrected chi connectivity index (χ2v) is 3.19. The van der Waals surface area contributed by atoms with Crippen LogP contribution in [0.2, 0.25) is 0 Å². The molecule has 0 aliphatic heterocycles. The normalized spacial score (nSPS) is 9.70. The number of hydrogen-bond acceptors (Lipinski definition) is 2. The van der Waals surface area contributed by atoms with Crippen LogP contribution >= 0.6 is 23.7 Å². The Bertz CT molecular complexity index is 100. The lowest BCUT2D eigenvalue weighted by atomic mass is 9.96. The van der Waals surface area contributed by atoms with Crippen LogP contribution in [0.4, 0.5) is 0 Å². The van der Waals surface area contributed by atoms with Gasteiger partial charge in [-0.2, -0.15) is 3.84 Å². The van der Waals surface area contributed by atoms with Crippen LogP contribution < -0.4 is 5.73 Å². The Labute approximate surface area is 71.3 Å². The van der Waals surface area contributed by atoms with Crippen LogP contribution in [0.15, 0.2) is 0 Å². The number of amidine groups is 1. The predicted octanol–water partition coefficient (Wildman–Crippen LogP) is 2.28. The Hall–Kier alpha value is 0.01000. The summed E-state index contributed by atoms with van der Waals surface area (Å²) < 4.78 is 3.19. The second kappa shape index (κ2) is 5.77. The molecule has 0 saturated heterocycles. The smallest absolute Gasteiger partial charge is 0.0960 e. The first kappa shape index (κ1) is 12.7. The molecule has 10 heavy (non-hydrogen) atoms. The van der Waals surface area contributed by atoms with Crippen LogP contribution in [0.5, 0.6) is 0 Å². The summed E-state index contributed by atoms with van der Waals surface area (Å²) in [6.45, 7) is 5.74. The molecule has 0 saturated carbocycles. The molecular formula is C5H12Cl2N2O. The molecule has 0 spiro atoms. The summed E-state index contributed by atoms with van der Waals surface area (Å²) in [7, 11) is 0. The zero-order valence-corrected chi connectivity index (χ0v) is 7.75.